The maximum absolute atomic E-state index is 13.4. The highest BCUT2D eigenvalue weighted by molar-refractivity contribution is 7.92. The van der Waals surface area contributed by atoms with Gasteiger partial charge in [0.15, 0.2) is 0 Å². The largest absolute Gasteiger partial charge is 0.497 e. The minimum absolute atomic E-state index is 0.0228. The summed E-state index contributed by atoms with van der Waals surface area (Å²) >= 11 is 0. The summed E-state index contributed by atoms with van der Waals surface area (Å²) in [5.41, 5.74) is 1.10. The Bertz CT molecular complexity index is 1290. The van der Waals surface area contributed by atoms with Crippen LogP contribution in [0.5, 0.6) is 11.5 Å². The van der Waals surface area contributed by atoms with E-state index in [1.807, 2.05) is 6.92 Å². The first-order chi connectivity index (χ1) is 16.1. The molecule has 0 saturated heterocycles. The second-order valence-electron chi connectivity index (χ2n) is 7.21. The topological polar surface area (TPSA) is 128 Å². The second-order valence-corrected chi connectivity index (χ2v) is 9.07. The monoisotopic (exact) mass is 485 g/mol. The molecular formula is C23H23N3O7S. The fourth-order valence-electron chi connectivity index (χ4n) is 3.12. The zero-order valence-electron chi connectivity index (χ0n) is 18.7. The van der Waals surface area contributed by atoms with Gasteiger partial charge in [0, 0.05) is 6.07 Å². The first kappa shape index (κ1) is 24.5. The Hall–Kier alpha value is -4.12. The van der Waals surface area contributed by atoms with Crippen LogP contribution < -0.4 is 19.1 Å². The molecule has 0 radical (unpaired) electrons. The lowest BCUT2D eigenvalue weighted by Gasteiger charge is -2.24. The van der Waals surface area contributed by atoms with E-state index in [1.54, 1.807) is 24.3 Å². The van der Waals surface area contributed by atoms with Gasteiger partial charge in [0.2, 0.25) is 5.91 Å². The Morgan fingerprint density at radius 1 is 1.00 bits per heavy atom. The number of carbonyl (C=O) groups is 1. The Balaban J connectivity index is 1.94. The lowest BCUT2D eigenvalue weighted by Crippen LogP contribution is -2.38. The lowest BCUT2D eigenvalue weighted by atomic mass is 10.2. The Kier molecular flexibility index (Phi) is 7.37. The number of carbonyl (C=O) groups excluding carboxylic acids is 1. The summed E-state index contributed by atoms with van der Waals surface area (Å²) in [5.74, 6) is -0.0740. The number of amides is 1. The van der Waals surface area contributed by atoms with Crippen LogP contribution in [-0.4, -0.2) is 40.0 Å². The molecule has 0 atom stereocenters. The molecule has 3 rings (SSSR count). The van der Waals surface area contributed by atoms with Gasteiger partial charge in [0.1, 0.15) is 18.0 Å². The number of hydrogen-bond acceptors (Lipinski definition) is 7. The lowest BCUT2D eigenvalue weighted by molar-refractivity contribution is -0.384. The molecule has 0 saturated carbocycles. The predicted octanol–water partition coefficient (Wildman–Crippen LogP) is 3.75. The third kappa shape index (κ3) is 5.44. The average Bonchev–Trinajstić information content (AvgIpc) is 2.83. The fraction of sp³-hybridized carbons (Fsp3) is 0.174. The number of nitrogens with zero attached hydrogens (tertiary/aromatic N) is 2. The molecule has 0 aromatic heterocycles. The van der Waals surface area contributed by atoms with Crippen molar-refractivity contribution in [3.8, 4) is 11.5 Å². The smallest absolute Gasteiger partial charge is 0.273 e. The summed E-state index contributed by atoms with van der Waals surface area (Å²) < 4.78 is 38.1. The van der Waals surface area contributed by atoms with Crippen LogP contribution >= 0.6 is 0 Å². The molecule has 11 heteroatoms. The van der Waals surface area contributed by atoms with Crippen LogP contribution in [0.3, 0.4) is 0 Å². The van der Waals surface area contributed by atoms with Gasteiger partial charge in [-0.2, -0.15) is 0 Å². The fourth-order valence-corrected chi connectivity index (χ4v) is 4.54. The van der Waals surface area contributed by atoms with Crippen molar-refractivity contribution in [2.75, 3.05) is 30.4 Å². The molecular weight excluding hydrogens is 462 g/mol. The van der Waals surface area contributed by atoms with Crippen LogP contribution in [-0.2, 0) is 14.8 Å². The zero-order chi connectivity index (χ0) is 24.9. The van der Waals surface area contributed by atoms with Crippen LogP contribution in [0.2, 0.25) is 0 Å². The van der Waals surface area contributed by atoms with Crippen molar-refractivity contribution in [2.24, 2.45) is 0 Å². The molecule has 178 valence electrons. The summed E-state index contributed by atoms with van der Waals surface area (Å²) in [4.78, 5) is 23.3. The highest BCUT2D eigenvalue weighted by atomic mass is 32.2. The molecule has 1 N–H and O–H groups in total. The molecule has 10 nitrogen and oxygen atoms in total. The Labute approximate surface area is 196 Å². The zero-order valence-corrected chi connectivity index (χ0v) is 19.5. The molecule has 0 spiro atoms. The van der Waals surface area contributed by atoms with E-state index in [1.165, 1.54) is 56.7 Å². The quantitative estimate of drug-likeness (QED) is 0.361. The van der Waals surface area contributed by atoms with Gasteiger partial charge >= 0.3 is 0 Å². The van der Waals surface area contributed by atoms with E-state index in [4.69, 9.17) is 9.47 Å². The van der Waals surface area contributed by atoms with Crippen molar-refractivity contribution in [2.45, 2.75) is 11.8 Å². The molecule has 0 unspecified atom stereocenters. The number of nitro benzene ring substituents is 1. The van der Waals surface area contributed by atoms with Gasteiger partial charge in [-0.3, -0.25) is 19.2 Å². The number of sulfonamides is 1. The molecule has 0 bridgehead atoms. The van der Waals surface area contributed by atoms with E-state index in [2.05, 4.69) is 5.32 Å². The van der Waals surface area contributed by atoms with Crippen LogP contribution in [0.25, 0.3) is 0 Å². The molecule has 1 amide bonds. The van der Waals surface area contributed by atoms with E-state index < -0.39 is 27.4 Å². The molecule has 0 fully saturated rings. The minimum Gasteiger partial charge on any atom is -0.497 e. The number of anilines is 2. The van der Waals surface area contributed by atoms with Gasteiger partial charge in [-0.05, 0) is 49.4 Å². The van der Waals surface area contributed by atoms with E-state index >= 15 is 0 Å². The Morgan fingerprint density at radius 2 is 1.65 bits per heavy atom. The van der Waals surface area contributed by atoms with Crippen molar-refractivity contribution in [3.05, 3.63) is 82.4 Å². The van der Waals surface area contributed by atoms with Crippen molar-refractivity contribution in [3.63, 3.8) is 0 Å². The molecule has 3 aromatic carbocycles. The minimum atomic E-state index is -4.10. The summed E-state index contributed by atoms with van der Waals surface area (Å²) in [6.07, 6.45) is 0. The Morgan fingerprint density at radius 3 is 2.21 bits per heavy atom. The normalized spacial score (nSPS) is 10.9. The number of benzene rings is 3. The second kappa shape index (κ2) is 10.2. The number of ether oxygens (including phenoxy) is 2. The first-order valence-corrected chi connectivity index (χ1v) is 11.5. The van der Waals surface area contributed by atoms with Gasteiger partial charge in [0.05, 0.1) is 41.5 Å². The number of rotatable bonds is 9. The highest BCUT2D eigenvalue weighted by Crippen LogP contribution is 2.30. The summed E-state index contributed by atoms with van der Waals surface area (Å²) in [7, 11) is -1.31. The number of methoxy groups -OCH3 is 2. The van der Waals surface area contributed by atoms with Crippen LogP contribution in [0.15, 0.2) is 71.6 Å². The number of hydrogen-bond donors (Lipinski definition) is 1. The molecule has 3 aromatic rings. The van der Waals surface area contributed by atoms with Gasteiger partial charge in [-0.15, -0.1) is 0 Å². The van der Waals surface area contributed by atoms with Crippen molar-refractivity contribution >= 4 is 33.0 Å². The number of aryl methyl sites for hydroxylation is 1. The number of nitro groups is 1. The van der Waals surface area contributed by atoms with E-state index in [-0.39, 0.29) is 27.7 Å². The van der Waals surface area contributed by atoms with Crippen LogP contribution in [0.1, 0.15) is 5.56 Å². The molecule has 0 aliphatic carbocycles. The van der Waals surface area contributed by atoms with E-state index in [9.17, 15) is 23.3 Å². The van der Waals surface area contributed by atoms with Crippen molar-refractivity contribution in [1.82, 2.24) is 0 Å². The van der Waals surface area contributed by atoms with Crippen LogP contribution in [0.4, 0.5) is 17.1 Å². The number of nitrogens with one attached hydrogen (secondary N) is 1. The van der Waals surface area contributed by atoms with Crippen molar-refractivity contribution < 1.29 is 27.6 Å². The maximum Gasteiger partial charge on any atom is 0.273 e. The summed E-state index contributed by atoms with van der Waals surface area (Å²) in [5, 5.41) is 13.6. The van der Waals surface area contributed by atoms with Gasteiger partial charge in [-0.1, -0.05) is 17.7 Å². The van der Waals surface area contributed by atoms with E-state index in [0.717, 1.165) is 9.87 Å². The molecule has 0 aliphatic heterocycles. The third-order valence-electron chi connectivity index (χ3n) is 4.93. The average molecular weight is 486 g/mol. The van der Waals surface area contributed by atoms with Crippen molar-refractivity contribution in [1.29, 1.82) is 0 Å². The maximum atomic E-state index is 13.4. The van der Waals surface area contributed by atoms with E-state index in [0.29, 0.717) is 5.75 Å². The predicted molar refractivity (Wildman–Crippen MR) is 127 cm³/mol. The number of non-ortho nitro benzene ring substituents is 1. The summed E-state index contributed by atoms with van der Waals surface area (Å²) in [6, 6.07) is 16.2. The first-order valence-electron chi connectivity index (χ1n) is 10.0. The molecule has 0 heterocycles. The van der Waals surface area contributed by atoms with Gasteiger partial charge < -0.3 is 14.8 Å². The SMILES string of the molecule is COc1ccc(N(CC(=O)Nc2ccc([N+](=O)[O-])cc2OC)S(=O)(=O)c2ccc(C)cc2)cc1. The molecule has 34 heavy (non-hydrogen) atoms. The molecule has 0 aliphatic rings. The summed E-state index contributed by atoms with van der Waals surface area (Å²) in [6.45, 7) is 1.28. The van der Waals surface area contributed by atoms with Gasteiger partial charge in [0.25, 0.3) is 15.7 Å². The standard InChI is InChI=1S/C23H23N3O7S/c1-16-4-11-20(12-5-16)34(30,31)25(17-6-9-19(32-2)10-7-17)15-23(27)24-21-13-8-18(26(28)29)14-22(21)33-3/h4-14H,15H2,1-3H3,(H,24,27). The third-order valence-corrected chi connectivity index (χ3v) is 6.71. The highest BCUT2D eigenvalue weighted by Gasteiger charge is 2.28. The van der Waals surface area contributed by atoms with Gasteiger partial charge in [-0.25, -0.2) is 8.42 Å². The van der Waals surface area contributed by atoms with Crippen LogP contribution in [0, 0.1) is 17.0 Å².